The Bertz CT molecular complexity index is 846. The van der Waals surface area contributed by atoms with E-state index in [1.807, 2.05) is 24.3 Å². The average Bonchev–Trinajstić information content (AvgIpc) is 2.54. The number of nitrogen functional groups attached to an aromatic ring is 1. The fourth-order valence-electron chi connectivity index (χ4n) is 2.30. The molecule has 0 bridgehead atoms. The largest absolute Gasteiger partial charge is 0.495 e. The van der Waals surface area contributed by atoms with Gasteiger partial charge in [-0.15, -0.1) is 0 Å². The quantitative estimate of drug-likeness (QED) is 0.727. The number of benzene rings is 2. The predicted octanol–water partition coefficient (Wildman–Crippen LogP) is 3.08. The molecule has 5 nitrogen and oxygen atoms in total. The minimum absolute atomic E-state index is 0.305. The minimum atomic E-state index is -0.305. The predicted molar refractivity (Wildman–Crippen MR) is 87.1 cm³/mol. The molecule has 2 aromatic carbocycles. The van der Waals surface area contributed by atoms with Crippen LogP contribution in [0.4, 0.5) is 11.4 Å². The number of carbonyl (C=O) groups is 1. The number of nitrogens with two attached hydrogens (primary N) is 1. The molecule has 0 aliphatic heterocycles. The number of carbonyl (C=O) groups excluding carboxylic acids is 1. The highest BCUT2D eigenvalue weighted by atomic mass is 16.5. The maximum atomic E-state index is 12.5. The second-order valence-corrected chi connectivity index (χ2v) is 4.79. The molecule has 0 atom stereocenters. The van der Waals surface area contributed by atoms with Crippen LogP contribution in [0.5, 0.6) is 5.75 Å². The van der Waals surface area contributed by atoms with Gasteiger partial charge in [0.05, 0.1) is 12.8 Å². The number of nitrogens with one attached hydrogen (secondary N) is 1. The lowest BCUT2D eigenvalue weighted by Crippen LogP contribution is -2.14. The molecule has 0 unspecified atom stereocenters. The molecule has 0 aliphatic carbocycles. The van der Waals surface area contributed by atoms with E-state index in [-0.39, 0.29) is 5.91 Å². The number of ether oxygens (including phenoxy) is 1. The van der Waals surface area contributed by atoms with Crippen molar-refractivity contribution in [3.05, 3.63) is 60.4 Å². The summed E-state index contributed by atoms with van der Waals surface area (Å²) >= 11 is 0. The average molecular weight is 293 g/mol. The monoisotopic (exact) mass is 293 g/mol. The van der Waals surface area contributed by atoms with Gasteiger partial charge in [-0.3, -0.25) is 9.78 Å². The summed E-state index contributed by atoms with van der Waals surface area (Å²) in [7, 11) is 1.56. The molecule has 110 valence electrons. The van der Waals surface area contributed by atoms with Crippen LogP contribution >= 0.6 is 0 Å². The summed E-state index contributed by atoms with van der Waals surface area (Å²) < 4.78 is 5.23. The van der Waals surface area contributed by atoms with E-state index in [9.17, 15) is 4.79 Å². The molecule has 0 fully saturated rings. The van der Waals surface area contributed by atoms with Gasteiger partial charge in [-0.05, 0) is 35.7 Å². The molecule has 0 radical (unpaired) electrons. The lowest BCUT2D eigenvalue weighted by molar-refractivity contribution is 0.102. The summed E-state index contributed by atoms with van der Waals surface area (Å²) in [4.78, 5) is 16.7. The number of pyridine rings is 1. The third-order valence-electron chi connectivity index (χ3n) is 3.36. The van der Waals surface area contributed by atoms with E-state index < -0.39 is 0 Å². The first-order chi connectivity index (χ1) is 10.7. The normalized spacial score (nSPS) is 10.4. The SMILES string of the molecule is COc1ccccc1NC(=O)c1nccc2ccc(N)cc12. The second-order valence-electron chi connectivity index (χ2n) is 4.79. The molecule has 1 aromatic heterocycles. The standard InChI is InChI=1S/C17H15N3O2/c1-22-15-5-3-2-4-14(15)20-17(21)16-13-10-12(18)7-6-11(13)8-9-19-16/h2-10H,18H2,1H3,(H,20,21). The molecule has 0 spiro atoms. The highest BCUT2D eigenvalue weighted by Gasteiger charge is 2.14. The van der Waals surface area contributed by atoms with E-state index in [1.165, 1.54) is 0 Å². The number of aromatic nitrogens is 1. The Labute approximate surface area is 127 Å². The molecule has 0 saturated carbocycles. The molecule has 3 rings (SSSR count). The number of nitrogens with zero attached hydrogens (tertiary/aromatic N) is 1. The second kappa shape index (κ2) is 5.73. The van der Waals surface area contributed by atoms with Gasteiger partial charge in [0.25, 0.3) is 5.91 Å². The summed E-state index contributed by atoms with van der Waals surface area (Å²) in [5.41, 5.74) is 7.33. The fraction of sp³-hybridized carbons (Fsp3) is 0.0588. The smallest absolute Gasteiger partial charge is 0.275 e. The molecule has 3 N–H and O–H groups in total. The van der Waals surface area contributed by atoms with Crippen LogP contribution in [0, 0.1) is 0 Å². The van der Waals surface area contributed by atoms with Crippen LogP contribution in [0.3, 0.4) is 0 Å². The number of rotatable bonds is 3. The summed E-state index contributed by atoms with van der Waals surface area (Å²) in [5.74, 6) is 0.288. The van der Waals surface area contributed by atoms with Crippen LogP contribution in [-0.4, -0.2) is 18.0 Å². The van der Waals surface area contributed by atoms with Crippen molar-refractivity contribution in [3.8, 4) is 5.75 Å². The summed E-state index contributed by atoms with van der Waals surface area (Å²) in [6, 6.07) is 14.5. The highest BCUT2D eigenvalue weighted by Crippen LogP contribution is 2.25. The Kier molecular flexibility index (Phi) is 3.62. The van der Waals surface area contributed by atoms with Crippen LogP contribution in [-0.2, 0) is 0 Å². The fourth-order valence-corrected chi connectivity index (χ4v) is 2.30. The summed E-state index contributed by atoms with van der Waals surface area (Å²) in [6.07, 6.45) is 1.61. The number of hydrogen-bond acceptors (Lipinski definition) is 4. The van der Waals surface area contributed by atoms with Gasteiger partial charge in [0, 0.05) is 17.3 Å². The molecule has 22 heavy (non-hydrogen) atoms. The zero-order chi connectivity index (χ0) is 15.5. The van der Waals surface area contributed by atoms with E-state index in [0.717, 1.165) is 10.8 Å². The lowest BCUT2D eigenvalue weighted by Gasteiger charge is -2.10. The van der Waals surface area contributed by atoms with Crippen molar-refractivity contribution in [2.24, 2.45) is 0 Å². The number of anilines is 2. The van der Waals surface area contributed by atoms with Crippen LogP contribution < -0.4 is 15.8 Å². The third-order valence-corrected chi connectivity index (χ3v) is 3.36. The van der Waals surface area contributed by atoms with Crippen LogP contribution in [0.25, 0.3) is 10.8 Å². The van der Waals surface area contributed by atoms with Crippen LogP contribution in [0.1, 0.15) is 10.5 Å². The summed E-state index contributed by atoms with van der Waals surface area (Å²) in [5, 5.41) is 4.45. The maximum absolute atomic E-state index is 12.5. The van der Waals surface area contributed by atoms with Crippen molar-refractivity contribution in [1.29, 1.82) is 0 Å². The molecule has 1 heterocycles. The number of amides is 1. The molecule has 3 aromatic rings. The Morgan fingerprint density at radius 3 is 2.82 bits per heavy atom. The van der Waals surface area contributed by atoms with Crippen LogP contribution in [0.15, 0.2) is 54.7 Å². The van der Waals surface area contributed by atoms with Gasteiger partial charge in [-0.1, -0.05) is 18.2 Å². The molecule has 0 saturated heterocycles. The van der Waals surface area contributed by atoms with Gasteiger partial charge in [0.15, 0.2) is 0 Å². The minimum Gasteiger partial charge on any atom is -0.495 e. The van der Waals surface area contributed by atoms with Crippen LogP contribution in [0.2, 0.25) is 0 Å². The Morgan fingerprint density at radius 1 is 1.18 bits per heavy atom. The van der Waals surface area contributed by atoms with E-state index in [0.29, 0.717) is 22.8 Å². The van der Waals surface area contributed by atoms with Gasteiger partial charge >= 0.3 is 0 Å². The van der Waals surface area contributed by atoms with Crippen molar-refractivity contribution in [2.75, 3.05) is 18.2 Å². The zero-order valence-electron chi connectivity index (χ0n) is 12.0. The number of hydrogen-bond donors (Lipinski definition) is 2. The maximum Gasteiger partial charge on any atom is 0.275 e. The first-order valence-corrected chi connectivity index (χ1v) is 6.77. The Balaban J connectivity index is 2.01. The zero-order valence-corrected chi connectivity index (χ0v) is 12.0. The molecule has 0 aliphatic rings. The van der Waals surface area contributed by atoms with Gasteiger partial charge in [-0.25, -0.2) is 0 Å². The summed E-state index contributed by atoms with van der Waals surface area (Å²) in [6.45, 7) is 0. The number of para-hydroxylation sites is 2. The van der Waals surface area contributed by atoms with E-state index in [1.54, 1.807) is 37.6 Å². The van der Waals surface area contributed by atoms with Crippen molar-refractivity contribution >= 4 is 28.1 Å². The van der Waals surface area contributed by atoms with E-state index in [4.69, 9.17) is 10.5 Å². The topological polar surface area (TPSA) is 77.2 Å². The third kappa shape index (κ3) is 2.56. The lowest BCUT2D eigenvalue weighted by atomic mass is 10.1. The Hall–Kier alpha value is -3.08. The highest BCUT2D eigenvalue weighted by molar-refractivity contribution is 6.12. The van der Waals surface area contributed by atoms with Gasteiger partial charge in [-0.2, -0.15) is 0 Å². The van der Waals surface area contributed by atoms with Crippen molar-refractivity contribution < 1.29 is 9.53 Å². The Morgan fingerprint density at radius 2 is 2.00 bits per heavy atom. The molecule has 5 heteroatoms. The van der Waals surface area contributed by atoms with Crippen molar-refractivity contribution in [3.63, 3.8) is 0 Å². The van der Waals surface area contributed by atoms with Gasteiger partial charge in [0.2, 0.25) is 0 Å². The van der Waals surface area contributed by atoms with E-state index in [2.05, 4.69) is 10.3 Å². The van der Waals surface area contributed by atoms with Gasteiger partial charge < -0.3 is 15.8 Å². The van der Waals surface area contributed by atoms with E-state index >= 15 is 0 Å². The van der Waals surface area contributed by atoms with Crippen molar-refractivity contribution in [2.45, 2.75) is 0 Å². The number of methoxy groups -OCH3 is 1. The molecular weight excluding hydrogens is 278 g/mol. The van der Waals surface area contributed by atoms with Crippen molar-refractivity contribution in [1.82, 2.24) is 4.98 Å². The first kappa shape index (κ1) is 13.9. The number of fused-ring (bicyclic) bond motifs is 1. The molecular formula is C17H15N3O2. The van der Waals surface area contributed by atoms with Gasteiger partial charge in [0.1, 0.15) is 11.4 Å². The molecule has 1 amide bonds. The first-order valence-electron chi connectivity index (χ1n) is 6.77.